The number of methoxy groups -OCH3 is 2. The molecule has 144 valence electrons. The molecule has 1 amide bonds. The van der Waals surface area contributed by atoms with E-state index in [2.05, 4.69) is 16.3 Å². The molecule has 1 N–H and O–H groups in total. The maximum absolute atomic E-state index is 12.4. The Morgan fingerprint density at radius 3 is 2.62 bits per heavy atom. The molecule has 0 spiro atoms. The fourth-order valence-corrected chi connectivity index (χ4v) is 3.84. The molecule has 2 aliphatic heterocycles. The van der Waals surface area contributed by atoms with Crippen molar-refractivity contribution in [1.82, 2.24) is 10.2 Å². The summed E-state index contributed by atoms with van der Waals surface area (Å²) >= 11 is 0. The van der Waals surface area contributed by atoms with Gasteiger partial charge in [-0.15, -0.1) is 0 Å². The van der Waals surface area contributed by atoms with Crippen LogP contribution in [0.3, 0.4) is 0 Å². The Labute approximate surface area is 155 Å². The van der Waals surface area contributed by atoms with Crippen molar-refractivity contribution in [2.75, 3.05) is 40.5 Å². The van der Waals surface area contributed by atoms with Crippen molar-refractivity contribution in [2.45, 2.75) is 44.2 Å². The first-order chi connectivity index (χ1) is 12.7. The zero-order chi connectivity index (χ0) is 18.4. The lowest BCUT2D eigenvalue weighted by Gasteiger charge is -2.35. The monoisotopic (exact) mass is 362 g/mol. The summed E-state index contributed by atoms with van der Waals surface area (Å²) in [7, 11) is 3.29. The number of rotatable bonds is 7. The van der Waals surface area contributed by atoms with Crippen molar-refractivity contribution in [3.8, 4) is 11.5 Å². The molecule has 0 aliphatic carbocycles. The predicted molar refractivity (Wildman–Crippen MR) is 99.7 cm³/mol. The molecule has 1 aromatic carbocycles. The molecule has 0 aromatic heterocycles. The maximum atomic E-state index is 12.4. The normalized spacial score (nSPS) is 22.0. The number of likely N-dealkylation sites (tertiary alicyclic amines) is 1. The highest BCUT2D eigenvalue weighted by atomic mass is 16.5. The second-order valence-electron chi connectivity index (χ2n) is 6.97. The van der Waals surface area contributed by atoms with Crippen LogP contribution in [0.2, 0.25) is 0 Å². The Kier molecular flexibility index (Phi) is 6.74. The van der Waals surface area contributed by atoms with Crippen molar-refractivity contribution in [2.24, 2.45) is 0 Å². The van der Waals surface area contributed by atoms with Crippen molar-refractivity contribution in [3.05, 3.63) is 23.8 Å². The summed E-state index contributed by atoms with van der Waals surface area (Å²) in [6.45, 7) is 3.36. The average Bonchev–Trinajstić information content (AvgIpc) is 3.23. The summed E-state index contributed by atoms with van der Waals surface area (Å²) in [6, 6.07) is 6.16. The van der Waals surface area contributed by atoms with Crippen LogP contribution in [-0.4, -0.2) is 57.4 Å². The van der Waals surface area contributed by atoms with Gasteiger partial charge in [0.15, 0.2) is 11.5 Å². The molecular weight excluding hydrogens is 332 g/mol. The highest BCUT2D eigenvalue weighted by molar-refractivity contribution is 5.81. The summed E-state index contributed by atoms with van der Waals surface area (Å²) in [6.07, 6.45) is 5.16. The summed E-state index contributed by atoms with van der Waals surface area (Å²) in [5.74, 6) is 1.44. The smallest absolute Gasteiger partial charge is 0.249 e. The van der Waals surface area contributed by atoms with Crippen LogP contribution in [0.5, 0.6) is 11.5 Å². The number of nitrogens with one attached hydrogen (secondary N) is 1. The number of nitrogens with zero attached hydrogens (tertiary/aromatic N) is 1. The van der Waals surface area contributed by atoms with Crippen LogP contribution in [0.4, 0.5) is 0 Å². The zero-order valence-corrected chi connectivity index (χ0v) is 15.8. The van der Waals surface area contributed by atoms with E-state index in [0.717, 1.165) is 43.0 Å². The minimum Gasteiger partial charge on any atom is -0.493 e. The number of carbonyl (C=O) groups excluding carboxylic acids is 1. The van der Waals surface area contributed by atoms with Gasteiger partial charge in [0.2, 0.25) is 5.91 Å². The standard InChI is InChI=1S/C20H30N2O4/c1-24-17-9-8-15(13-19(17)25-2)16(22-10-4-3-5-11-22)14-21-20(23)18-7-6-12-26-18/h8-9,13,16,18H,3-7,10-12,14H2,1-2H3,(H,21,23). The second kappa shape index (κ2) is 9.24. The molecule has 6 heteroatoms. The zero-order valence-electron chi connectivity index (χ0n) is 15.8. The molecule has 0 bridgehead atoms. The molecular formula is C20H30N2O4. The first-order valence-corrected chi connectivity index (χ1v) is 9.58. The van der Waals surface area contributed by atoms with Crippen LogP contribution in [0.1, 0.15) is 43.7 Å². The molecule has 0 saturated carbocycles. The van der Waals surface area contributed by atoms with Crippen LogP contribution >= 0.6 is 0 Å². The Morgan fingerprint density at radius 1 is 1.19 bits per heavy atom. The van der Waals surface area contributed by atoms with E-state index in [9.17, 15) is 4.79 Å². The molecule has 2 heterocycles. The van der Waals surface area contributed by atoms with E-state index in [4.69, 9.17) is 14.2 Å². The first kappa shape index (κ1) is 19.0. The number of hydrogen-bond acceptors (Lipinski definition) is 5. The third-order valence-electron chi connectivity index (χ3n) is 5.32. The van der Waals surface area contributed by atoms with Crippen molar-refractivity contribution in [3.63, 3.8) is 0 Å². The molecule has 2 saturated heterocycles. The summed E-state index contributed by atoms with van der Waals surface area (Å²) < 4.78 is 16.3. The van der Waals surface area contributed by atoms with Gasteiger partial charge in [-0.3, -0.25) is 9.69 Å². The summed E-state index contributed by atoms with van der Waals surface area (Å²) in [5, 5.41) is 3.11. The number of ether oxygens (including phenoxy) is 3. The first-order valence-electron chi connectivity index (χ1n) is 9.58. The molecule has 26 heavy (non-hydrogen) atoms. The van der Waals surface area contributed by atoms with Gasteiger partial charge in [0.25, 0.3) is 0 Å². The lowest BCUT2D eigenvalue weighted by Crippen LogP contribution is -2.43. The van der Waals surface area contributed by atoms with Gasteiger partial charge < -0.3 is 19.5 Å². The summed E-state index contributed by atoms with van der Waals surface area (Å²) in [4.78, 5) is 14.8. The Hall–Kier alpha value is -1.79. The molecule has 6 nitrogen and oxygen atoms in total. The van der Waals surface area contributed by atoms with E-state index in [-0.39, 0.29) is 18.1 Å². The maximum Gasteiger partial charge on any atom is 0.249 e. The molecule has 0 radical (unpaired) electrons. The molecule has 2 unspecified atom stereocenters. The van der Waals surface area contributed by atoms with Gasteiger partial charge in [0.1, 0.15) is 6.10 Å². The Bertz CT molecular complexity index is 595. The van der Waals surface area contributed by atoms with E-state index in [1.54, 1.807) is 14.2 Å². The van der Waals surface area contributed by atoms with E-state index >= 15 is 0 Å². The van der Waals surface area contributed by atoms with Crippen LogP contribution in [-0.2, 0) is 9.53 Å². The van der Waals surface area contributed by atoms with E-state index in [0.29, 0.717) is 13.2 Å². The fourth-order valence-electron chi connectivity index (χ4n) is 3.84. The van der Waals surface area contributed by atoms with Gasteiger partial charge in [-0.25, -0.2) is 0 Å². The fraction of sp³-hybridized carbons (Fsp3) is 0.650. The lowest BCUT2D eigenvalue weighted by molar-refractivity contribution is -0.130. The third-order valence-corrected chi connectivity index (χ3v) is 5.32. The minimum atomic E-state index is -0.289. The molecule has 1 aromatic rings. The van der Waals surface area contributed by atoms with Gasteiger partial charge in [-0.1, -0.05) is 12.5 Å². The highest BCUT2D eigenvalue weighted by Crippen LogP contribution is 2.32. The largest absolute Gasteiger partial charge is 0.493 e. The van der Waals surface area contributed by atoms with Gasteiger partial charge in [0, 0.05) is 13.2 Å². The Balaban J connectivity index is 1.75. The molecule has 2 atom stereocenters. The number of piperidine rings is 1. The quantitative estimate of drug-likeness (QED) is 0.808. The third kappa shape index (κ3) is 4.48. The van der Waals surface area contributed by atoms with E-state index in [1.807, 2.05) is 12.1 Å². The van der Waals surface area contributed by atoms with Crippen molar-refractivity contribution in [1.29, 1.82) is 0 Å². The van der Waals surface area contributed by atoms with Crippen molar-refractivity contribution < 1.29 is 19.0 Å². The Morgan fingerprint density at radius 2 is 1.96 bits per heavy atom. The summed E-state index contributed by atoms with van der Waals surface area (Å²) in [5.41, 5.74) is 1.14. The van der Waals surface area contributed by atoms with Crippen molar-refractivity contribution >= 4 is 5.91 Å². The minimum absolute atomic E-state index is 0.00462. The van der Waals surface area contributed by atoms with Gasteiger partial charge in [0.05, 0.1) is 20.3 Å². The molecule has 2 fully saturated rings. The van der Waals surface area contributed by atoms with Crippen LogP contribution in [0, 0.1) is 0 Å². The molecule has 3 rings (SSSR count). The number of amides is 1. The number of benzene rings is 1. The second-order valence-corrected chi connectivity index (χ2v) is 6.97. The lowest BCUT2D eigenvalue weighted by atomic mass is 10.0. The average molecular weight is 362 g/mol. The van der Waals surface area contributed by atoms with E-state index < -0.39 is 0 Å². The predicted octanol–water partition coefficient (Wildman–Crippen LogP) is 2.53. The van der Waals surface area contributed by atoms with Crippen LogP contribution in [0.15, 0.2) is 18.2 Å². The molecule has 2 aliphatic rings. The topological polar surface area (TPSA) is 60.0 Å². The highest BCUT2D eigenvalue weighted by Gasteiger charge is 2.27. The van der Waals surface area contributed by atoms with E-state index in [1.165, 1.54) is 19.3 Å². The van der Waals surface area contributed by atoms with Gasteiger partial charge >= 0.3 is 0 Å². The van der Waals surface area contributed by atoms with Gasteiger partial charge in [-0.2, -0.15) is 0 Å². The number of carbonyl (C=O) groups is 1. The van der Waals surface area contributed by atoms with Crippen LogP contribution in [0.25, 0.3) is 0 Å². The van der Waals surface area contributed by atoms with Gasteiger partial charge in [-0.05, 0) is 56.5 Å². The van der Waals surface area contributed by atoms with Crippen LogP contribution < -0.4 is 14.8 Å². The number of hydrogen-bond donors (Lipinski definition) is 1. The SMILES string of the molecule is COc1ccc(C(CNC(=O)C2CCCO2)N2CCCCC2)cc1OC.